The predicted octanol–water partition coefficient (Wildman–Crippen LogP) is 2.68. The molecule has 2 unspecified atom stereocenters. The molecule has 2 heterocycles. The van der Waals surface area contributed by atoms with Gasteiger partial charge in [0.05, 0.1) is 0 Å². The van der Waals surface area contributed by atoms with Crippen LogP contribution < -0.4 is 10.6 Å². The Morgan fingerprint density at radius 1 is 1.04 bits per heavy atom. The van der Waals surface area contributed by atoms with E-state index in [0.29, 0.717) is 17.9 Å². The molecule has 1 saturated carbocycles. The molecule has 0 aromatic rings. The highest BCUT2D eigenvalue weighted by Gasteiger charge is 2.31. The van der Waals surface area contributed by atoms with Gasteiger partial charge in [0.15, 0.2) is 5.96 Å². The summed E-state index contributed by atoms with van der Waals surface area (Å²) in [5, 5.41) is 6.98. The van der Waals surface area contributed by atoms with Crippen LogP contribution in [0, 0.1) is 11.8 Å². The number of guanidine groups is 1. The normalized spacial score (nSPS) is 27.4. The topological polar surface area (TPSA) is 60.0 Å². The summed E-state index contributed by atoms with van der Waals surface area (Å²) in [6.07, 6.45) is 9.50. The minimum Gasteiger partial charge on any atom is -0.357 e. The largest absolute Gasteiger partial charge is 0.357 e. The van der Waals surface area contributed by atoms with Crippen molar-refractivity contribution in [2.75, 3.05) is 46.3 Å². The Hall–Kier alpha value is -0.570. The number of rotatable bonds is 5. The maximum absolute atomic E-state index is 12.8. The van der Waals surface area contributed by atoms with Crippen molar-refractivity contribution >= 4 is 35.8 Å². The molecule has 0 spiro atoms. The Balaban J connectivity index is 0.00000280. The fraction of sp³-hybridized carbons (Fsp3) is 0.905. The van der Waals surface area contributed by atoms with Crippen LogP contribution in [0.1, 0.15) is 58.3 Å². The second-order valence-electron chi connectivity index (χ2n) is 8.74. The quantitative estimate of drug-likeness (QED) is 0.343. The molecule has 0 aromatic carbocycles. The SMILES string of the molecule is CCNC(=NCC1CCCN(C)C1)NC1CCN(C(=O)C2CCCCC2)C1.I. The fourth-order valence-corrected chi connectivity index (χ4v) is 4.84. The third-order valence-electron chi connectivity index (χ3n) is 6.37. The number of carbonyl (C=O) groups excluding carboxylic acids is 1. The Morgan fingerprint density at radius 3 is 2.54 bits per heavy atom. The first-order chi connectivity index (χ1) is 13.2. The standard InChI is InChI=1S/C21H39N5O.HI/c1-3-22-21(23-14-17-8-7-12-25(2)15-17)24-19-11-13-26(16-19)20(27)18-9-5-4-6-10-18;/h17-19H,3-16H2,1-2H3,(H2,22,23,24);1H. The molecule has 2 saturated heterocycles. The number of aliphatic imine (C=N–C) groups is 1. The molecule has 1 aliphatic carbocycles. The van der Waals surface area contributed by atoms with Gasteiger partial charge in [-0.1, -0.05) is 19.3 Å². The lowest BCUT2D eigenvalue weighted by atomic mass is 9.88. The van der Waals surface area contributed by atoms with Gasteiger partial charge in [0.1, 0.15) is 0 Å². The average molecular weight is 505 g/mol. The number of nitrogens with zero attached hydrogens (tertiary/aromatic N) is 3. The molecule has 3 fully saturated rings. The van der Waals surface area contributed by atoms with Gasteiger partial charge in [-0.25, -0.2) is 0 Å². The van der Waals surface area contributed by atoms with Crippen molar-refractivity contribution in [3.63, 3.8) is 0 Å². The summed E-state index contributed by atoms with van der Waals surface area (Å²) < 4.78 is 0. The summed E-state index contributed by atoms with van der Waals surface area (Å²) in [6, 6.07) is 0.323. The summed E-state index contributed by atoms with van der Waals surface area (Å²) in [5.74, 6) is 2.25. The lowest BCUT2D eigenvalue weighted by Gasteiger charge is -2.29. The van der Waals surface area contributed by atoms with Crippen LogP contribution in [0.2, 0.25) is 0 Å². The number of piperidine rings is 1. The van der Waals surface area contributed by atoms with Crippen LogP contribution in [-0.2, 0) is 4.79 Å². The third kappa shape index (κ3) is 7.04. The number of carbonyl (C=O) groups is 1. The average Bonchev–Trinajstić information content (AvgIpc) is 3.15. The molecule has 162 valence electrons. The molecule has 0 radical (unpaired) electrons. The van der Waals surface area contributed by atoms with Gasteiger partial charge in [-0.05, 0) is 58.5 Å². The number of hydrogen-bond donors (Lipinski definition) is 2. The van der Waals surface area contributed by atoms with E-state index in [4.69, 9.17) is 4.99 Å². The van der Waals surface area contributed by atoms with Gasteiger partial charge < -0.3 is 20.4 Å². The van der Waals surface area contributed by atoms with Gasteiger partial charge >= 0.3 is 0 Å². The highest BCUT2D eigenvalue weighted by molar-refractivity contribution is 14.0. The number of hydrogen-bond acceptors (Lipinski definition) is 3. The van der Waals surface area contributed by atoms with Gasteiger partial charge in [0, 0.05) is 44.7 Å². The Morgan fingerprint density at radius 2 is 1.82 bits per heavy atom. The Bertz CT molecular complexity index is 509. The highest BCUT2D eigenvalue weighted by Crippen LogP contribution is 2.26. The molecule has 7 heteroatoms. The molecule has 3 rings (SSSR count). The van der Waals surface area contributed by atoms with Crippen LogP contribution in [0.4, 0.5) is 0 Å². The van der Waals surface area contributed by atoms with E-state index in [1.807, 2.05) is 0 Å². The maximum atomic E-state index is 12.8. The second-order valence-corrected chi connectivity index (χ2v) is 8.74. The molecule has 3 aliphatic rings. The van der Waals surface area contributed by atoms with Gasteiger partial charge in [0.2, 0.25) is 5.91 Å². The summed E-state index contributed by atoms with van der Waals surface area (Å²) in [4.78, 5) is 22.1. The zero-order chi connectivity index (χ0) is 19.1. The molecule has 0 aromatic heterocycles. The first kappa shape index (κ1) is 23.7. The van der Waals surface area contributed by atoms with E-state index in [0.717, 1.165) is 57.9 Å². The Kier molecular flexibility index (Phi) is 10.3. The molecule has 2 atom stereocenters. The summed E-state index contributed by atoms with van der Waals surface area (Å²) in [6.45, 7) is 7.94. The van der Waals surface area contributed by atoms with E-state index in [-0.39, 0.29) is 29.9 Å². The smallest absolute Gasteiger partial charge is 0.225 e. The van der Waals surface area contributed by atoms with Crippen molar-refractivity contribution in [2.24, 2.45) is 16.8 Å². The van der Waals surface area contributed by atoms with Crippen molar-refractivity contribution in [1.82, 2.24) is 20.4 Å². The molecule has 1 amide bonds. The summed E-state index contributed by atoms with van der Waals surface area (Å²) >= 11 is 0. The van der Waals surface area contributed by atoms with E-state index in [2.05, 4.69) is 34.4 Å². The van der Waals surface area contributed by atoms with E-state index < -0.39 is 0 Å². The van der Waals surface area contributed by atoms with Gasteiger partial charge in [-0.2, -0.15) is 0 Å². The zero-order valence-electron chi connectivity index (χ0n) is 17.8. The lowest BCUT2D eigenvalue weighted by Crippen LogP contribution is -2.46. The summed E-state index contributed by atoms with van der Waals surface area (Å²) in [5.41, 5.74) is 0. The van der Waals surface area contributed by atoms with Gasteiger partial charge in [0.25, 0.3) is 0 Å². The van der Waals surface area contributed by atoms with Crippen LogP contribution >= 0.6 is 24.0 Å². The van der Waals surface area contributed by atoms with E-state index >= 15 is 0 Å². The van der Waals surface area contributed by atoms with Gasteiger partial charge in [-0.3, -0.25) is 9.79 Å². The number of nitrogens with one attached hydrogen (secondary N) is 2. The highest BCUT2D eigenvalue weighted by atomic mass is 127. The lowest BCUT2D eigenvalue weighted by molar-refractivity contribution is -0.135. The van der Waals surface area contributed by atoms with Gasteiger partial charge in [-0.15, -0.1) is 24.0 Å². The number of amides is 1. The Labute approximate surface area is 188 Å². The minimum atomic E-state index is 0. The zero-order valence-corrected chi connectivity index (χ0v) is 20.1. The number of halogens is 1. The third-order valence-corrected chi connectivity index (χ3v) is 6.37. The molecular weight excluding hydrogens is 465 g/mol. The van der Waals surface area contributed by atoms with Crippen LogP contribution in [0.25, 0.3) is 0 Å². The van der Waals surface area contributed by atoms with Crippen LogP contribution in [0.3, 0.4) is 0 Å². The van der Waals surface area contributed by atoms with E-state index in [1.165, 1.54) is 38.6 Å². The molecule has 2 aliphatic heterocycles. The predicted molar refractivity (Wildman–Crippen MR) is 126 cm³/mol. The second kappa shape index (κ2) is 12.2. The first-order valence-electron chi connectivity index (χ1n) is 11.2. The first-order valence-corrected chi connectivity index (χ1v) is 11.2. The molecular formula is C21H40IN5O. The van der Waals surface area contributed by atoms with Crippen molar-refractivity contribution in [2.45, 2.75) is 64.3 Å². The van der Waals surface area contributed by atoms with Crippen LogP contribution in [0.15, 0.2) is 4.99 Å². The maximum Gasteiger partial charge on any atom is 0.225 e. The monoisotopic (exact) mass is 505 g/mol. The molecule has 28 heavy (non-hydrogen) atoms. The van der Waals surface area contributed by atoms with Crippen LogP contribution in [0.5, 0.6) is 0 Å². The van der Waals surface area contributed by atoms with Crippen molar-refractivity contribution in [3.05, 3.63) is 0 Å². The summed E-state index contributed by atoms with van der Waals surface area (Å²) in [7, 11) is 2.20. The minimum absolute atomic E-state index is 0. The molecule has 2 N–H and O–H groups in total. The van der Waals surface area contributed by atoms with Crippen LogP contribution in [-0.4, -0.2) is 74.0 Å². The number of likely N-dealkylation sites (tertiary alicyclic amines) is 2. The molecule has 0 bridgehead atoms. The van der Waals surface area contributed by atoms with Crippen molar-refractivity contribution < 1.29 is 4.79 Å². The van der Waals surface area contributed by atoms with Crippen molar-refractivity contribution in [1.29, 1.82) is 0 Å². The molecule has 6 nitrogen and oxygen atoms in total. The van der Waals surface area contributed by atoms with E-state index in [9.17, 15) is 4.79 Å². The van der Waals surface area contributed by atoms with E-state index in [1.54, 1.807) is 0 Å². The van der Waals surface area contributed by atoms with Crippen molar-refractivity contribution in [3.8, 4) is 0 Å². The fourth-order valence-electron chi connectivity index (χ4n) is 4.84.